The van der Waals surface area contributed by atoms with Gasteiger partial charge in [-0.15, -0.1) is 0 Å². The minimum atomic E-state index is 0.722. The van der Waals surface area contributed by atoms with E-state index >= 15 is 0 Å². The summed E-state index contributed by atoms with van der Waals surface area (Å²) in [5.41, 5.74) is 1.06. The molecule has 2 aromatic carbocycles. The minimum Gasteiger partial charge on any atom is -0.455 e. The number of pyridine rings is 1. The SMILES string of the molecule is CNCc1ccncc1Oc1ccc(Cl)c2ccccc12. The van der Waals surface area contributed by atoms with Crippen LogP contribution < -0.4 is 10.1 Å². The van der Waals surface area contributed by atoms with Crippen LogP contribution in [0.15, 0.2) is 54.9 Å². The average Bonchev–Trinajstić information content (AvgIpc) is 2.52. The zero-order chi connectivity index (χ0) is 14.7. The summed E-state index contributed by atoms with van der Waals surface area (Å²) in [4.78, 5) is 4.14. The maximum Gasteiger partial charge on any atom is 0.150 e. The predicted molar refractivity (Wildman–Crippen MR) is 86.0 cm³/mol. The maximum atomic E-state index is 6.24. The topological polar surface area (TPSA) is 34.2 Å². The van der Waals surface area contributed by atoms with Crippen LogP contribution in [0.2, 0.25) is 5.02 Å². The first kappa shape index (κ1) is 13.9. The highest BCUT2D eigenvalue weighted by atomic mass is 35.5. The van der Waals surface area contributed by atoms with Gasteiger partial charge >= 0.3 is 0 Å². The van der Waals surface area contributed by atoms with Gasteiger partial charge in [-0.1, -0.05) is 35.9 Å². The largest absolute Gasteiger partial charge is 0.455 e. The standard InChI is InChI=1S/C17H15ClN2O/c1-19-10-12-8-9-20-11-17(12)21-16-7-6-15(18)13-4-2-3-5-14(13)16/h2-9,11,19H,10H2,1H3. The average molecular weight is 299 g/mol. The molecule has 1 N–H and O–H groups in total. The minimum absolute atomic E-state index is 0.722. The van der Waals surface area contributed by atoms with Crippen molar-refractivity contribution in [3.63, 3.8) is 0 Å². The van der Waals surface area contributed by atoms with Gasteiger partial charge in [-0.25, -0.2) is 0 Å². The quantitative estimate of drug-likeness (QED) is 0.775. The molecule has 0 aliphatic heterocycles. The van der Waals surface area contributed by atoms with Crippen LogP contribution in [0.1, 0.15) is 5.56 Å². The second-order valence-corrected chi connectivity index (χ2v) is 5.11. The highest BCUT2D eigenvalue weighted by Gasteiger charge is 2.09. The lowest BCUT2D eigenvalue weighted by atomic mass is 10.1. The van der Waals surface area contributed by atoms with Crippen molar-refractivity contribution in [3.8, 4) is 11.5 Å². The van der Waals surface area contributed by atoms with E-state index in [-0.39, 0.29) is 0 Å². The zero-order valence-corrected chi connectivity index (χ0v) is 12.4. The summed E-state index contributed by atoms with van der Waals surface area (Å²) in [5, 5.41) is 5.82. The van der Waals surface area contributed by atoms with Crippen molar-refractivity contribution >= 4 is 22.4 Å². The smallest absolute Gasteiger partial charge is 0.150 e. The van der Waals surface area contributed by atoms with E-state index in [0.717, 1.165) is 39.4 Å². The van der Waals surface area contributed by atoms with Gasteiger partial charge in [0.1, 0.15) is 11.5 Å². The molecule has 0 fully saturated rings. The third-order valence-electron chi connectivity index (χ3n) is 3.29. The number of nitrogens with one attached hydrogen (secondary N) is 1. The molecule has 0 bridgehead atoms. The molecule has 106 valence electrons. The first-order valence-corrected chi connectivity index (χ1v) is 7.10. The maximum absolute atomic E-state index is 6.24. The van der Waals surface area contributed by atoms with E-state index in [1.807, 2.05) is 49.5 Å². The first-order chi connectivity index (χ1) is 10.3. The van der Waals surface area contributed by atoms with Crippen molar-refractivity contribution in [2.24, 2.45) is 0 Å². The van der Waals surface area contributed by atoms with Crippen LogP contribution in [-0.4, -0.2) is 12.0 Å². The van der Waals surface area contributed by atoms with Crippen LogP contribution in [0.4, 0.5) is 0 Å². The summed E-state index contributed by atoms with van der Waals surface area (Å²) in [5.74, 6) is 1.53. The van der Waals surface area contributed by atoms with E-state index < -0.39 is 0 Å². The monoisotopic (exact) mass is 298 g/mol. The lowest BCUT2D eigenvalue weighted by Crippen LogP contribution is -2.06. The fourth-order valence-electron chi connectivity index (χ4n) is 2.28. The summed E-state index contributed by atoms with van der Waals surface area (Å²) in [6.45, 7) is 0.726. The van der Waals surface area contributed by atoms with Crippen molar-refractivity contribution in [1.29, 1.82) is 0 Å². The van der Waals surface area contributed by atoms with Crippen molar-refractivity contribution in [1.82, 2.24) is 10.3 Å². The normalized spacial score (nSPS) is 10.8. The molecule has 0 spiro atoms. The van der Waals surface area contributed by atoms with Gasteiger partial charge in [0.25, 0.3) is 0 Å². The molecule has 0 radical (unpaired) electrons. The summed E-state index contributed by atoms with van der Waals surface area (Å²) in [6, 6.07) is 13.6. The number of aromatic nitrogens is 1. The van der Waals surface area contributed by atoms with Crippen LogP contribution >= 0.6 is 11.6 Å². The summed E-state index contributed by atoms with van der Waals surface area (Å²) in [6.07, 6.45) is 3.50. The molecule has 3 aromatic rings. The van der Waals surface area contributed by atoms with E-state index in [9.17, 15) is 0 Å². The van der Waals surface area contributed by atoms with Crippen molar-refractivity contribution in [2.75, 3.05) is 7.05 Å². The van der Waals surface area contributed by atoms with Gasteiger partial charge < -0.3 is 10.1 Å². The van der Waals surface area contributed by atoms with Gasteiger partial charge in [0.05, 0.1) is 6.20 Å². The van der Waals surface area contributed by atoms with Gasteiger partial charge in [-0.05, 0) is 25.2 Å². The molecule has 1 aromatic heterocycles. The Morgan fingerprint density at radius 3 is 2.67 bits per heavy atom. The van der Waals surface area contributed by atoms with Crippen LogP contribution in [0, 0.1) is 0 Å². The molecule has 3 nitrogen and oxygen atoms in total. The number of halogens is 1. The second kappa shape index (κ2) is 6.12. The number of fused-ring (bicyclic) bond motifs is 1. The summed E-state index contributed by atoms with van der Waals surface area (Å²) < 4.78 is 6.07. The summed E-state index contributed by atoms with van der Waals surface area (Å²) >= 11 is 6.24. The van der Waals surface area contributed by atoms with Gasteiger partial charge in [0.15, 0.2) is 0 Å². The highest BCUT2D eigenvalue weighted by Crippen LogP contribution is 2.34. The van der Waals surface area contributed by atoms with Crippen LogP contribution in [0.5, 0.6) is 11.5 Å². The molecular formula is C17H15ClN2O. The van der Waals surface area contributed by atoms with E-state index in [1.165, 1.54) is 0 Å². The molecule has 4 heteroatoms. The Morgan fingerprint density at radius 2 is 1.86 bits per heavy atom. The number of hydrogen-bond donors (Lipinski definition) is 1. The fraction of sp³-hybridized carbons (Fsp3) is 0.118. The van der Waals surface area contributed by atoms with Crippen molar-refractivity contribution in [2.45, 2.75) is 6.54 Å². The van der Waals surface area contributed by atoms with Gasteiger partial charge in [0, 0.05) is 34.1 Å². The third-order valence-corrected chi connectivity index (χ3v) is 3.62. The Kier molecular flexibility index (Phi) is 4.04. The number of hydrogen-bond acceptors (Lipinski definition) is 3. The van der Waals surface area contributed by atoms with Crippen LogP contribution in [0.25, 0.3) is 10.8 Å². The fourth-order valence-corrected chi connectivity index (χ4v) is 2.51. The Balaban J connectivity index is 2.05. The van der Waals surface area contributed by atoms with Crippen molar-refractivity contribution in [3.05, 3.63) is 65.4 Å². The van der Waals surface area contributed by atoms with E-state index in [4.69, 9.17) is 16.3 Å². The Hall–Kier alpha value is -2.10. The lowest BCUT2D eigenvalue weighted by molar-refractivity contribution is 0.477. The Bertz CT molecular complexity index is 774. The molecule has 0 unspecified atom stereocenters. The van der Waals surface area contributed by atoms with Crippen LogP contribution in [0.3, 0.4) is 0 Å². The van der Waals surface area contributed by atoms with E-state index in [2.05, 4.69) is 10.3 Å². The molecule has 0 atom stereocenters. The number of nitrogens with zero attached hydrogens (tertiary/aromatic N) is 1. The first-order valence-electron chi connectivity index (χ1n) is 6.72. The number of ether oxygens (including phenoxy) is 1. The second-order valence-electron chi connectivity index (χ2n) is 4.71. The third kappa shape index (κ3) is 2.84. The Labute approximate surface area is 128 Å². The Morgan fingerprint density at radius 1 is 1.05 bits per heavy atom. The van der Waals surface area contributed by atoms with Gasteiger partial charge in [-0.3, -0.25) is 4.98 Å². The highest BCUT2D eigenvalue weighted by molar-refractivity contribution is 6.35. The molecule has 3 rings (SSSR count). The van der Waals surface area contributed by atoms with E-state index in [1.54, 1.807) is 12.4 Å². The van der Waals surface area contributed by atoms with Crippen molar-refractivity contribution < 1.29 is 4.74 Å². The molecule has 1 heterocycles. The predicted octanol–water partition coefficient (Wildman–Crippen LogP) is 4.40. The van der Waals surface area contributed by atoms with Crippen LogP contribution in [-0.2, 0) is 6.54 Å². The molecule has 0 saturated carbocycles. The molecule has 0 amide bonds. The summed E-state index contributed by atoms with van der Waals surface area (Å²) in [7, 11) is 1.90. The van der Waals surface area contributed by atoms with Gasteiger partial charge in [-0.2, -0.15) is 0 Å². The molecular weight excluding hydrogens is 284 g/mol. The molecule has 21 heavy (non-hydrogen) atoms. The number of benzene rings is 2. The van der Waals surface area contributed by atoms with Gasteiger partial charge in [0.2, 0.25) is 0 Å². The molecule has 0 aliphatic carbocycles. The lowest BCUT2D eigenvalue weighted by Gasteiger charge is -2.13. The molecule has 0 saturated heterocycles. The molecule has 0 aliphatic rings. The van der Waals surface area contributed by atoms with E-state index in [0.29, 0.717) is 0 Å². The zero-order valence-electron chi connectivity index (χ0n) is 11.6. The number of rotatable bonds is 4.